The molecule has 3 aromatic rings. The van der Waals surface area contributed by atoms with Gasteiger partial charge in [-0.05, 0) is 81.6 Å². The van der Waals surface area contributed by atoms with Gasteiger partial charge in [0, 0.05) is 17.1 Å². The van der Waals surface area contributed by atoms with Crippen LogP contribution in [0.15, 0.2) is 42.5 Å². The van der Waals surface area contributed by atoms with Crippen LogP contribution < -0.4 is 5.32 Å². The van der Waals surface area contributed by atoms with E-state index in [0.717, 1.165) is 17.7 Å². The summed E-state index contributed by atoms with van der Waals surface area (Å²) in [7, 11) is 4.27. The fraction of sp³-hybridized carbons (Fsp3) is 0.348. The van der Waals surface area contributed by atoms with Gasteiger partial charge in [0.15, 0.2) is 0 Å². The molecular weight excluding hydrogens is 353 g/mol. The molecule has 0 saturated heterocycles. The van der Waals surface area contributed by atoms with E-state index in [9.17, 15) is 9.18 Å². The van der Waals surface area contributed by atoms with Gasteiger partial charge in [-0.25, -0.2) is 4.39 Å². The van der Waals surface area contributed by atoms with E-state index in [4.69, 9.17) is 0 Å². The van der Waals surface area contributed by atoms with Crippen LogP contribution in [0.25, 0.3) is 10.9 Å². The van der Waals surface area contributed by atoms with Crippen molar-refractivity contribution < 1.29 is 9.18 Å². The fourth-order valence-electron chi connectivity index (χ4n) is 4.25. The van der Waals surface area contributed by atoms with Crippen LogP contribution in [-0.2, 0) is 0 Å². The van der Waals surface area contributed by atoms with E-state index in [1.165, 1.54) is 24.5 Å². The van der Waals surface area contributed by atoms with E-state index in [0.29, 0.717) is 28.6 Å². The molecule has 1 heterocycles. The Hall–Kier alpha value is -2.66. The maximum Gasteiger partial charge on any atom is 0.272 e. The predicted octanol–water partition coefficient (Wildman–Crippen LogP) is 5.07. The van der Waals surface area contributed by atoms with E-state index < -0.39 is 0 Å². The molecule has 0 spiro atoms. The number of aromatic nitrogens is 1. The number of fused-ring (bicyclic) bond motifs is 1. The Morgan fingerprint density at radius 1 is 1.18 bits per heavy atom. The molecule has 0 radical (unpaired) electrons. The Morgan fingerprint density at radius 3 is 2.71 bits per heavy atom. The number of anilines is 1. The van der Waals surface area contributed by atoms with Crippen molar-refractivity contribution in [2.24, 2.45) is 0 Å². The maximum atomic E-state index is 14.0. The molecule has 1 aliphatic carbocycles. The van der Waals surface area contributed by atoms with Crippen LogP contribution in [0, 0.1) is 12.7 Å². The largest absolute Gasteiger partial charge is 0.350 e. The van der Waals surface area contributed by atoms with E-state index in [1.807, 2.05) is 19.1 Å². The first kappa shape index (κ1) is 18.7. The van der Waals surface area contributed by atoms with Crippen LogP contribution in [0.3, 0.4) is 0 Å². The van der Waals surface area contributed by atoms with E-state index in [1.54, 1.807) is 12.1 Å². The molecule has 4 rings (SSSR count). The molecule has 5 heteroatoms. The molecule has 28 heavy (non-hydrogen) atoms. The van der Waals surface area contributed by atoms with Crippen molar-refractivity contribution >= 4 is 22.5 Å². The standard InChI is InChI=1S/C23H26FN3O/c1-14-7-10-20(24)19-13-21(26-22(14)19)23(28)25-17-6-4-5-15(11-17)16-8-9-18(12-16)27(2)3/h4-7,10-11,13,16,18,26H,8-9,12H2,1-3H3,(H,25,28)/t16-,18-/m1/s1. The first-order valence-electron chi connectivity index (χ1n) is 9.78. The number of aromatic amines is 1. The van der Waals surface area contributed by atoms with Gasteiger partial charge in [0.2, 0.25) is 0 Å². The number of amides is 1. The lowest BCUT2D eigenvalue weighted by Crippen LogP contribution is -2.24. The topological polar surface area (TPSA) is 48.1 Å². The average Bonchev–Trinajstić information content (AvgIpc) is 3.33. The molecule has 2 N–H and O–H groups in total. The third kappa shape index (κ3) is 3.54. The number of hydrogen-bond donors (Lipinski definition) is 2. The van der Waals surface area contributed by atoms with E-state index >= 15 is 0 Å². The molecular formula is C23H26FN3O. The highest BCUT2D eigenvalue weighted by Gasteiger charge is 2.27. The van der Waals surface area contributed by atoms with Crippen molar-refractivity contribution in [2.75, 3.05) is 19.4 Å². The zero-order valence-corrected chi connectivity index (χ0v) is 16.6. The summed E-state index contributed by atoms with van der Waals surface area (Å²) in [6.07, 6.45) is 3.51. The Morgan fingerprint density at radius 2 is 2.00 bits per heavy atom. The van der Waals surface area contributed by atoms with Crippen LogP contribution in [0.4, 0.5) is 10.1 Å². The number of halogens is 1. The summed E-state index contributed by atoms with van der Waals surface area (Å²) in [5.74, 6) is -0.0617. The second-order valence-corrected chi connectivity index (χ2v) is 8.04. The van der Waals surface area contributed by atoms with E-state index in [-0.39, 0.29) is 11.7 Å². The number of aryl methyl sites for hydroxylation is 1. The third-order valence-corrected chi connectivity index (χ3v) is 5.94. The molecule has 1 saturated carbocycles. The van der Waals surface area contributed by atoms with Crippen LogP contribution in [0.5, 0.6) is 0 Å². The van der Waals surface area contributed by atoms with Crippen molar-refractivity contribution in [2.45, 2.75) is 38.1 Å². The number of carbonyl (C=O) groups excluding carboxylic acids is 1. The first-order valence-corrected chi connectivity index (χ1v) is 9.78. The van der Waals surface area contributed by atoms with Crippen LogP contribution in [0.2, 0.25) is 0 Å². The lowest BCUT2D eigenvalue weighted by atomic mass is 9.97. The van der Waals surface area contributed by atoms with Crippen molar-refractivity contribution in [1.82, 2.24) is 9.88 Å². The van der Waals surface area contributed by atoms with Crippen molar-refractivity contribution in [3.63, 3.8) is 0 Å². The molecule has 0 bridgehead atoms. The van der Waals surface area contributed by atoms with Crippen molar-refractivity contribution in [1.29, 1.82) is 0 Å². The number of carbonyl (C=O) groups is 1. The second-order valence-electron chi connectivity index (χ2n) is 8.04. The molecule has 4 nitrogen and oxygen atoms in total. The monoisotopic (exact) mass is 379 g/mol. The Bertz CT molecular complexity index is 985. The summed E-state index contributed by atoms with van der Waals surface area (Å²) in [5, 5.41) is 3.40. The summed E-state index contributed by atoms with van der Waals surface area (Å²) in [5.41, 5.74) is 3.98. The minimum atomic E-state index is -0.324. The minimum absolute atomic E-state index is 0.260. The Kier molecular flexibility index (Phi) is 4.94. The highest BCUT2D eigenvalue weighted by atomic mass is 19.1. The molecule has 2 aromatic carbocycles. The van der Waals surface area contributed by atoms with Gasteiger partial charge in [0.1, 0.15) is 11.5 Å². The highest BCUT2D eigenvalue weighted by molar-refractivity contribution is 6.06. The van der Waals surface area contributed by atoms with Gasteiger partial charge in [0.25, 0.3) is 5.91 Å². The van der Waals surface area contributed by atoms with Gasteiger partial charge in [-0.15, -0.1) is 0 Å². The lowest BCUT2D eigenvalue weighted by Gasteiger charge is -2.19. The Labute approximate surface area is 164 Å². The molecule has 1 aromatic heterocycles. The molecule has 2 atom stereocenters. The number of H-pyrrole nitrogens is 1. The number of nitrogens with zero attached hydrogens (tertiary/aromatic N) is 1. The van der Waals surface area contributed by atoms with Gasteiger partial charge >= 0.3 is 0 Å². The van der Waals surface area contributed by atoms with Crippen LogP contribution in [-0.4, -0.2) is 35.9 Å². The molecule has 0 aliphatic heterocycles. The molecule has 0 unspecified atom stereocenters. The van der Waals surface area contributed by atoms with Crippen LogP contribution in [0.1, 0.15) is 46.8 Å². The smallest absolute Gasteiger partial charge is 0.272 e. The second kappa shape index (κ2) is 7.40. The first-order chi connectivity index (χ1) is 13.4. The fourth-order valence-corrected chi connectivity index (χ4v) is 4.25. The summed E-state index contributed by atoms with van der Waals surface area (Å²) >= 11 is 0. The zero-order chi connectivity index (χ0) is 19.8. The summed E-state index contributed by atoms with van der Waals surface area (Å²) in [6.45, 7) is 1.89. The summed E-state index contributed by atoms with van der Waals surface area (Å²) in [4.78, 5) is 18.1. The van der Waals surface area contributed by atoms with Crippen LogP contribution >= 0.6 is 0 Å². The van der Waals surface area contributed by atoms with Gasteiger partial charge < -0.3 is 15.2 Å². The van der Waals surface area contributed by atoms with Gasteiger partial charge in [0.05, 0.1) is 5.52 Å². The Balaban J connectivity index is 1.53. The van der Waals surface area contributed by atoms with Gasteiger partial charge in [-0.1, -0.05) is 18.2 Å². The quantitative estimate of drug-likeness (QED) is 0.665. The number of rotatable bonds is 4. The molecule has 1 aliphatic rings. The summed E-state index contributed by atoms with van der Waals surface area (Å²) < 4.78 is 14.0. The molecule has 146 valence electrons. The van der Waals surface area contributed by atoms with Gasteiger partial charge in [-0.3, -0.25) is 4.79 Å². The minimum Gasteiger partial charge on any atom is -0.350 e. The number of benzene rings is 2. The predicted molar refractivity (Wildman–Crippen MR) is 111 cm³/mol. The van der Waals surface area contributed by atoms with Crippen molar-refractivity contribution in [3.05, 3.63) is 65.1 Å². The van der Waals surface area contributed by atoms with E-state index in [2.05, 4.69) is 41.4 Å². The van der Waals surface area contributed by atoms with Crippen molar-refractivity contribution in [3.8, 4) is 0 Å². The molecule has 1 amide bonds. The summed E-state index contributed by atoms with van der Waals surface area (Å²) in [6, 6.07) is 13.4. The molecule has 1 fully saturated rings. The normalized spacial score (nSPS) is 19.5. The van der Waals surface area contributed by atoms with Gasteiger partial charge in [-0.2, -0.15) is 0 Å². The number of nitrogens with one attached hydrogen (secondary N) is 2. The zero-order valence-electron chi connectivity index (χ0n) is 16.6. The maximum absolute atomic E-state index is 14.0. The highest BCUT2D eigenvalue weighted by Crippen LogP contribution is 2.37. The SMILES string of the molecule is Cc1ccc(F)c2cc(C(=O)Nc3cccc([C@@H]4CC[C@@H](N(C)C)C4)c3)[nH]c12. The number of hydrogen-bond acceptors (Lipinski definition) is 2. The lowest BCUT2D eigenvalue weighted by molar-refractivity contribution is 0.102. The third-order valence-electron chi connectivity index (χ3n) is 5.94. The average molecular weight is 379 g/mol.